The summed E-state index contributed by atoms with van der Waals surface area (Å²) in [5, 5.41) is 6.64. The number of pyridine rings is 1. The molecule has 0 bridgehead atoms. The van der Waals surface area contributed by atoms with Crippen molar-refractivity contribution in [3.63, 3.8) is 0 Å². The Balaban J connectivity index is 1.57. The van der Waals surface area contributed by atoms with E-state index >= 15 is 0 Å². The van der Waals surface area contributed by atoms with Crippen LogP contribution in [0.1, 0.15) is 38.9 Å². The molecule has 0 aliphatic rings. The SMILES string of the molecule is COc1c(C)cnc(CNC(=O)c2ccc(OCc3noc(C)n3)cc2)c1C. The van der Waals surface area contributed by atoms with Crippen LogP contribution in [-0.4, -0.2) is 28.1 Å². The average molecular weight is 382 g/mol. The van der Waals surface area contributed by atoms with E-state index in [1.165, 1.54) is 0 Å². The standard InChI is InChI=1S/C20H22N4O4/c1-12-9-21-17(13(2)19(12)26-4)10-22-20(25)15-5-7-16(8-6-15)27-11-18-23-14(3)28-24-18/h5-9H,10-11H2,1-4H3,(H,22,25). The van der Waals surface area contributed by atoms with Gasteiger partial charge in [-0.1, -0.05) is 5.16 Å². The molecule has 0 atom stereocenters. The van der Waals surface area contributed by atoms with Gasteiger partial charge < -0.3 is 19.3 Å². The number of ether oxygens (including phenoxy) is 2. The van der Waals surface area contributed by atoms with Crippen molar-refractivity contribution in [3.05, 3.63) is 64.6 Å². The van der Waals surface area contributed by atoms with E-state index in [-0.39, 0.29) is 12.5 Å². The maximum absolute atomic E-state index is 12.4. The fourth-order valence-corrected chi connectivity index (χ4v) is 2.77. The number of hydrogen-bond acceptors (Lipinski definition) is 7. The Bertz CT molecular complexity index is 967. The number of rotatable bonds is 7. The molecule has 0 saturated heterocycles. The molecule has 146 valence electrons. The summed E-state index contributed by atoms with van der Waals surface area (Å²) in [5.74, 6) is 2.16. The maximum Gasteiger partial charge on any atom is 0.251 e. The molecule has 1 aromatic carbocycles. The maximum atomic E-state index is 12.4. The average Bonchev–Trinajstić information content (AvgIpc) is 3.11. The zero-order valence-corrected chi connectivity index (χ0v) is 16.3. The van der Waals surface area contributed by atoms with Crippen molar-refractivity contribution >= 4 is 5.91 Å². The second kappa shape index (κ2) is 8.51. The van der Waals surface area contributed by atoms with Crippen molar-refractivity contribution in [2.45, 2.75) is 33.9 Å². The minimum Gasteiger partial charge on any atom is -0.496 e. The first-order valence-corrected chi connectivity index (χ1v) is 8.77. The number of nitrogens with zero attached hydrogens (tertiary/aromatic N) is 3. The van der Waals surface area contributed by atoms with Crippen LogP contribution in [0.5, 0.6) is 11.5 Å². The quantitative estimate of drug-likeness (QED) is 0.671. The largest absolute Gasteiger partial charge is 0.496 e. The molecule has 0 aliphatic carbocycles. The van der Waals surface area contributed by atoms with Gasteiger partial charge >= 0.3 is 0 Å². The summed E-state index contributed by atoms with van der Waals surface area (Å²) in [6.45, 7) is 6.09. The highest BCUT2D eigenvalue weighted by Gasteiger charge is 2.12. The van der Waals surface area contributed by atoms with E-state index in [0.29, 0.717) is 29.6 Å². The third-order valence-corrected chi connectivity index (χ3v) is 4.22. The first-order chi connectivity index (χ1) is 13.5. The number of aryl methyl sites for hydroxylation is 2. The number of benzene rings is 1. The number of carbonyl (C=O) groups is 1. The Morgan fingerprint density at radius 1 is 1.18 bits per heavy atom. The number of hydrogen-bond donors (Lipinski definition) is 1. The van der Waals surface area contributed by atoms with Gasteiger partial charge in [0, 0.05) is 29.8 Å². The van der Waals surface area contributed by atoms with E-state index in [1.54, 1.807) is 44.5 Å². The molecule has 1 amide bonds. The lowest BCUT2D eigenvalue weighted by atomic mass is 10.1. The lowest BCUT2D eigenvalue weighted by molar-refractivity contribution is 0.0950. The Morgan fingerprint density at radius 3 is 2.57 bits per heavy atom. The van der Waals surface area contributed by atoms with Gasteiger partial charge in [0.1, 0.15) is 11.5 Å². The highest BCUT2D eigenvalue weighted by molar-refractivity contribution is 5.94. The molecule has 3 rings (SSSR count). The van der Waals surface area contributed by atoms with Gasteiger partial charge in [0.2, 0.25) is 11.7 Å². The predicted molar refractivity (Wildman–Crippen MR) is 101 cm³/mol. The van der Waals surface area contributed by atoms with Gasteiger partial charge in [0.15, 0.2) is 6.61 Å². The normalized spacial score (nSPS) is 10.6. The fourth-order valence-electron chi connectivity index (χ4n) is 2.77. The van der Waals surface area contributed by atoms with Gasteiger partial charge in [-0.15, -0.1) is 0 Å². The van der Waals surface area contributed by atoms with Gasteiger partial charge in [0.05, 0.1) is 19.3 Å². The highest BCUT2D eigenvalue weighted by atomic mass is 16.5. The van der Waals surface area contributed by atoms with E-state index in [1.807, 2.05) is 13.8 Å². The molecule has 28 heavy (non-hydrogen) atoms. The number of nitrogens with one attached hydrogen (secondary N) is 1. The third-order valence-electron chi connectivity index (χ3n) is 4.22. The summed E-state index contributed by atoms with van der Waals surface area (Å²) >= 11 is 0. The van der Waals surface area contributed by atoms with Crippen LogP contribution in [0.25, 0.3) is 0 Å². The first-order valence-electron chi connectivity index (χ1n) is 8.77. The van der Waals surface area contributed by atoms with Crippen LogP contribution in [0, 0.1) is 20.8 Å². The number of carbonyl (C=O) groups excluding carboxylic acids is 1. The summed E-state index contributed by atoms with van der Waals surface area (Å²) in [7, 11) is 1.63. The van der Waals surface area contributed by atoms with Crippen molar-refractivity contribution in [2.75, 3.05) is 7.11 Å². The molecule has 1 N–H and O–H groups in total. The second-order valence-corrected chi connectivity index (χ2v) is 6.27. The topological polar surface area (TPSA) is 99.4 Å². The molecule has 8 heteroatoms. The zero-order valence-electron chi connectivity index (χ0n) is 16.3. The summed E-state index contributed by atoms with van der Waals surface area (Å²) in [6, 6.07) is 6.84. The molecule has 3 aromatic rings. The predicted octanol–water partition coefficient (Wildman–Crippen LogP) is 2.91. The van der Waals surface area contributed by atoms with Gasteiger partial charge in [-0.3, -0.25) is 9.78 Å². The third kappa shape index (κ3) is 4.46. The lowest BCUT2D eigenvalue weighted by Gasteiger charge is -2.13. The fraction of sp³-hybridized carbons (Fsp3) is 0.300. The smallest absolute Gasteiger partial charge is 0.251 e. The number of aromatic nitrogens is 3. The van der Waals surface area contributed by atoms with Crippen LogP contribution in [0.4, 0.5) is 0 Å². The highest BCUT2D eigenvalue weighted by Crippen LogP contribution is 2.23. The lowest BCUT2D eigenvalue weighted by Crippen LogP contribution is -2.24. The van der Waals surface area contributed by atoms with Crippen LogP contribution < -0.4 is 14.8 Å². The Hall–Kier alpha value is -3.42. The van der Waals surface area contributed by atoms with E-state index in [2.05, 4.69) is 20.4 Å². The second-order valence-electron chi connectivity index (χ2n) is 6.27. The summed E-state index contributed by atoms with van der Waals surface area (Å²) in [6.07, 6.45) is 1.74. The van der Waals surface area contributed by atoms with Crippen LogP contribution in [0.3, 0.4) is 0 Å². The minimum absolute atomic E-state index is 0.193. The Morgan fingerprint density at radius 2 is 1.93 bits per heavy atom. The molecule has 8 nitrogen and oxygen atoms in total. The van der Waals surface area contributed by atoms with E-state index < -0.39 is 0 Å². The van der Waals surface area contributed by atoms with Crippen molar-refractivity contribution < 1.29 is 18.8 Å². The van der Waals surface area contributed by atoms with Crippen molar-refractivity contribution in [3.8, 4) is 11.5 Å². The van der Waals surface area contributed by atoms with Crippen LogP contribution in [0.15, 0.2) is 35.0 Å². The van der Waals surface area contributed by atoms with Crippen molar-refractivity contribution in [1.29, 1.82) is 0 Å². The molecule has 0 radical (unpaired) electrons. The molecular formula is C20H22N4O4. The van der Waals surface area contributed by atoms with Gasteiger partial charge in [-0.2, -0.15) is 4.98 Å². The molecule has 0 saturated carbocycles. The van der Waals surface area contributed by atoms with E-state index in [9.17, 15) is 4.79 Å². The molecule has 0 aliphatic heterocycles. The number of methoxy groups -OCH3 is 1. The van der Waals surface area contributed by atoms with E-state index in [0.717, 1.165) is 22.6 Å². The van der Waals surface area contributed by atoms with Crippen molar-refractivity contribution in [1.82, 2.24) is 20.4 Å². The number of amides is 1. The molecular weight excluding hydrogens is 360 g/mol. The molecule has 0 fully saturated rings. The van der Waals surface area contributed by atoms with E-state index in [4.69, 9.17) is 14.0 Å². The van der Waals surface area contributed by atoms with Crippen LogP contribution in [-0.2, 0) is 13.2 Å². The molecule has 2 heterocycles. The van der Waals surface area contributed by atoms with Gasteiger partial charge in [-0.05, 0) is 38.1 Å². The Kier molecular flexibility index (Phi) is 5.88. The minimum atomic E-state index is -0.193. The summed E-state index contributed by atoms with van der Waals surface area (Å²) in [5.41, 5.74) is 3.18. The summed E-state index contributed by atoms with van der Waals surface area (Å²) in [4.78, 5) is 20.9. The molecule has 0 spiro atoms. The molecule has 0 unspecified atom stereocenters. The van der Waals surface area contributed by atoms with Crippen LogP contribution >= 0.6 is 0 Å². The van der Waals surface area contributed by atoms with Gasteiger partial charge in [0.25, 0.3) is 5.91 Å². The summed E-state index contributed by atoms with van der Waals surface area (Å²) < 4.78 is 15.9. The molecule has 2 aromatic heterocycles. The first kappa shape index (κ1) is 19.3. The van der Waals surface area contributed by atoms with Gasteiger partial charge in [-0.25, -0.2) is 0 Å². The Labute approximate surface area is 162 Å². The zero-order chi connectivity index (χ0) is 20.1. The monoisotopic (exact) mass is 382 g/mol. The van der Waals surface area contributed by atoms with Crippen molar-refractivity contribution in [2.24, 2.45) is 0 Å². The van der Waals surface area contributed by atoms with Crippen LogP contribution in [0.2, 0.25) is 0 Å².